The van der Waals surface area contributed by atoms with Gasteiger partial charge in [-0.15, -0.1) is 11.3 Å². The first kappa shape index (κ1) is 19.9. The third-order valence-corrected chi connectivity index (χ3v) is 6.84. The highest BCUT2D eigenvalue weighted by molar-refractivity contribution is 7.13. The lowest BCUT2D eigenvalue weighted by Crippen LogP contribution is -2.48. The Labute approximate surface area is 186 Å². The van der Waals surface area contributed by atoms with Gasteiger partial charge in [-0.05, 0) is 16.3 Å². The molecule has 5 heteroatoms. The molecule has 156 valence electrons. The van der Waals surface area contributed by atoms with E-state index in [0.717, 1.165) is 49.0 Å². The first-order valence-corrected chi connectivity index (χ1v) is 11.6. The predicted octanol–water partition coefficient (Wildman–Crippen LogP) is 4.85. The lowest BCUT2D eigenvalue weighted by molar-refractivity contribution is -0.132. The van der Waals surface area contributed by atoms with Gasteiger partial charge in [0.15, 0.2) is 0 Å². The van der Waals surface area contributed by atoms with Gasteiger partial charge in [-0.1, -0.05) is 72.8 Å². The molecule has 4 aromatic rings. The second-order valence-corrected chi connectivity index (χ2v) is 8.84. The summed E-state index contributed by atoms with van der Waals surface area (Å²) in [7, 11) is 0. The maximum absolute atomic E-state index is 12.9. The van der Waals surface area contributed by atoms with Crippen LogP contribution >= 0.6 is 11.3 Å². The number of aromatic nitrogens is 1. The number of amides is 1. The van der Waals surface area contributed by atoms with Gasteiger partial charge in [-0.2, -0.15) is 0 Å². The van der Waals surface area contributed by atoms with Crippen molar-refractivity contribution < 1.29 is 4.79 Å². The van der Waals surface area contributed by atoms with Gasteiger partial charge in [0, 0.05) is 43.7 Å². The van der Waals surface area contributed by atoms with E-state index in [0.29, 0.717) is 6.42 Å². The topological polar surface area (TPSA) is 36.4 Å². The van der Waals surface area contributed by atoms with Crippen LogP contribution in [0.4, 0.5) is 0 Å². The van der Waals surface area contributed by atoms with Gasteiger partial charge in [0.05, 0.1) is 12.1 Å². The van der Waals surface area contributed by atoms with Crippen LogP contribution < -0.4 is 0 Å². The molecule has 0 spiro atoms. The minimum absolute atomic E-state index is 0.219. The molecule has 0 N–H and O–H groups in total. The third kappa shape index (κ3) is 4.53. The summed E-state index contributed by atoms with van der Waals surface area (Å²) in [5, 5.41) is 5.59. The van der Waals surface area contributed by atoms with Crippen LogP contribution in [0.2, 0.25) is 0 Å². The molecule has 0 saturated carbocycles. The van der Waals surface area contributed by atoms with Gasteiger partial charge >= 0.3 is 0 Å². The van der Waals surface area contributed by atoms with Gasteiger partial charge in [0.25, 0.3) is 0 Å². The maximum atomic E-state index is 12.9. The maximum Gasteiger partial charge on any atom is 0.227 e. The molecule has 4 nitrogen and oxygen atoms in total. The zero-order valence-electron chi connectivity index (χ0n) is 17.4. The van der Waals surface area contributed by atoms with E-state index in [2.05, 4.69) is 46.7 Å². The average molecular weight is 428 g/mol. The molecular weight excluding hydrogens is 402 g/mol. The average Bonchev–Trinajstić information content (AvgIpc) is 3.29. The van der Waals surface area contributed by atoms with Crippen molar-refractivity contribution in [2.75, 3.05) is 26.2 Å². The van der Waals surface area contributed by atoms with Crippen molar-refractivity contribution in [2.24, 2.45) is 0 Å². The second-order valence-electron chi connectivity index (χ2n) is 7.98. The van der Waals surface area contributed by atoms with Gasteiger partial charge in [-0.3, -0.25) is 9.69 Å². The lowest BCUT2D eigenvalue weighted by Gasteiger charge is -2.34. The molecule has 1 saturated heterocycles. The minimum Gasteiger partial charge on any atom is -0.340 e. The van der Waals surface area contributed by atoms with Gasteiger partial charge < -0.3 is 4.90 Å². The van der Waals surface area contributed by atoms with Crippen molar-refractivity contribution in [1.29, 1.82) is 0 Å². The van der Waals surface area contributed by atoms with E-state index in [1.54, 1.807) is 11.3 Å². The Kier molecular flexibility index (Phi) is 5.78. The summed E-state index contributed by atoms with van der Waals surface area (Å²) in [5.41, 5.74) is 3.39. The Hall–Kier alpha value is -3.02. The number of piperazine rings is 1. The Bertz CT molecular complexity index is 1170. The molecule has 0 bridgehead atoms. The van der Waals surface area contributed by atoms with Crippen LogP contribution in [0.5, 0.6) is 0 Å². The Morgan fingerprint density at radius 3 is 2.45 bits per heavy atom. The van der Waals surface area contributed by atoms with E-state index in [-0.39, 0.29) is 5.91 Å². The van der Waals surface area contributed by atoms with Crippen molar-refractivity contribution in [1.82, 2.24) is 14.8 Å². The van der Waals surface area contributed by atoms with E-state index in [1.807, 2.05) is 41.3 Å². The summed E-state index contributed by atoms with van der Waals surface area (Å²) in [6.45, 7) is 4.17. The fourth-order valence-electron chi connectivity index (χ4n) is 4.20. The van der Waals surface area contributed by atoms with E-state index in [4.69, 9.17) is 4.98 Å². The molecule has 1 aromatic heterocycles. The zero-order chi connectivity index (χ0) is 21.0. The number of hydrogen-bond donors (Lipinski definition) is 0. The number of fused-ring (bicyclic) bond motifs is 1. The normalized spacial score (nSPS) is 14.8. The van der Waals surface area contributed by atoms with Crippen molar-refractivity contribution in [3.63, 3.8) is 0 Å². The van der Waals surface area contributed by atoms with Crippen molar-refractivity contribution in [2.45, 2.75) is 13.0 Å². The van der Waals surface area contributed by atoms with Crippen LogP contribution in [0.15, 0.2) is 78.2 Å². The van der Waals surface area contributed by atoms with Gasteiger partial charge in [0.1, 0.15) is 5.01 Å². The zero-order valence-corrected chi connectivity index (χ0v) is 18.2. The summed E-state index contributed by atoms with van der Waals surface area (Å²) in [6.07, 6.45) is 0.466. The standard InChI is InChI=1S/C26H25N3OS/c30-25(17-22-11-6-10-20-7-4-5-12-24(20)22)29-15-13-28(14-16-29)18-23-19-31-26(27-23)21-8-2-1-3-9-21/h1-12,19H,13-18H2. The van der Waals surface area contributed by atoms with E-state index in [9.17, 15) is 4.79 Å². The Balaban J connectivity index is 1.17. The second kappa shape index (κ2) is 9.00. The lowest BCUT2D eigenvalue weighted by atomic mass is 10.0. The van der Waals surface area contributed by atoms with Gasteiger partial charge in [-0.25, -0.2) is 4.98 Å². The van der Waals surface area contributed by atoms with Gasteiger partial charge in [0.2, 0.25) is 5.91 Å². The summed E-state index contributed by atoms with van der Waals surface area (Å²) in [5.74, 6) is 0.219. The quantitative estimate of drug-likeness (QED) is 0.457. The molecule has 1 aliphatic rings. The van der Waals surface area contributed by atoms with E-state index >= 15 is 0 Å². The van der Waals surface area contributed by atoms with E-state index in [1.165, 1.54) is 16.3 Å². The third-order valence-electron chi connectivity index (χ3n) is 5.90. The van der Waals surface area contributed by atoms with Crippen LogP contribution in [-0.4, -0.2) is 46.9 Å². The highest BCUT2D eigenvalue weighted by Gasteiger charge is 2.22. The smallest absolute Gasteiger partial charge is 0.227 e. The van der Waals surface area contributed by atoms with Crippen LogP contribution in [-0.2, 0) is 17.8 Å². The SMILES string of the molecule is O=C(Cc1cccc2ccccc12)N1CCN(Cc2csc(-c3ccccc3)n2)CC1. The number of benzene rings is 3. The number of carbonyl (C=O) groups is 1. The van der Waals surface area contributed by atoms with Crippen LogP contribution in [0.3, 0.4) is 0 Å². The summed E-state index contributed by atoms with van der Waals surface area (Å²) in [4.78, 5) is 22.1. The molecule has 0 atom stereocenters. The van der Waals surface area contributed by atoms with Crippen molar-refractivity contribution in [3.8, 4) is 10.6 Å². The highest BCUT2D eigenvalue weighted by Crippen LogP contribution is 2.24. The fourth-order valence-corrected chi connectivity index (χ4v) is 5.02. The highest BCUT2D eigenvalue weighted by atomic mass is 32.1. The van der Waals surface area contributed by atoms with Crippen LogP contribution in [0, 0.1) is 0 Å². The van der Waals surface area contributed by atoms with Crippen LogP contribution in [0.1, 0.15) is 11.3 Å². The number of nitrogens with zero attached hydrogens (tertiary/aromatic N) is 3. The molecule has 0 unspecified atom stereocenters. The molecule has 3 aromatic carbocycles. The molecule has 1 fully saturated rings. The molecule has 1 amide bonds. The first-order chi connectivity index (χ1) is 15.3. The largest absolute Gasteiger partial charge is 0.340 e. The summed E-state index contributed by atoms with van der Waals surface area (Å²) < 4.78 is 0. The minimum atomic E-state index is 0.219. The Morgan fingerprint density at radius 2 is 1.61 bits per heavy atom. The van der Waals surface area contributed by atoms with Crippen molar-refractivity contribution in [3.05, 3.63) is 89.4 Å². The predicted molar refractivity (Wildman–Crippen MR) is 127 cm³/mol. The molecular formula is C26H25N3OS. The number of thiazole rings is 1. The Morgan fingerprint density at radius 1 is 0.871 bits per heavy atom. The monoisotopic (exact) mass is 427 g/mol. The van der Waals surface area contributed by atoms with Crippen LogP contribution in [0.25, 0.3) is 21.3 Å². The molecule has 1 aliphatic heterocycles. The van der Waals surface area contributed by atoms with Crippen molar-refractivity contribution >= 4 is 28.0 Å². The molecule has 31 heavy (non-hydrogen) atoms. The summed E-state index contributed by atoms with van der Waals surface area (Å²) >= 11 is 1.70. The number of rotatable bonds is 5. The number of carbonyl (C=O) groups excluding carboxylic acids is 1. The summed E-state index contributed by atoms with van der Waals surface area (Å²) in [6, 6.07) is 24.8. The first-order valence-electron chi connectivity index (χ1n) is 10.7. The fraction of sp³-hybridized carbons (Fsp3) is 0.231. The molecule has 0 aliphatic carbocycles. The number of hydrogen-bond acceptors (Lipinski definition) is 4. The molecule has 5 rings (SSSR count). The molecule has 2 heterocycles. The molecule has 0 radical (unpaired) electrons. The van der Waals surface area contributed by atoms with E-state index < -0.39 is 0 Å².